The maximum atomic E-state index is 5.74. The van der Waals surface area contributed by atoms with Gasteiger partial charge >= 0.3 is 0 Å². The van der Waals surface area contributed by atoms with Gasteiger partial charge in [-0.2, -0.15) is 0 Å². The third-order valence-electron chi connectivity index (χ3n) is 2.64. The molecule has 0 saturated carbocycles. The molecule has 0 unspecified atom stereocenters. The van der Waals surface area contributed by atoms with Crippen molar-refractivity contribution >= 4 is 0 Å². The predicted molar refractivity (Wildman–Crippen MR) is 76.9 cm³/mol. The van der Waals surface area contributed by atoms with Crippen molar-refractivity contribution in [3.8, 4) is 11.5 Å². The molecule has 106 valence electrons. The summed E-state index contributed by atoms with van der Waals surface area (Å²) in [5.74, 6) is 1.65. The minimum absolute atomic E-state index is 0.564. The molecule has 4 nitrogen and oxygen atoms in total. The van der Waals surface area contributed by atoms with Crippen LogP contribution >= 0.6 is 0 Å². The molecule has 1 aromatic rings. The second kappa shape index (κ2) is 9.42. The van der Waals surface area contributed by atoms with Crippen LogP contribution in [0.15, 0.2) is 30.4 Å². The van der Waals surface area contributed by atoms with Crippen LogP contribution in [0.4, 0.5) is 0 Å². The van der Waals surface area contributed by atoms with E-state index in [1.807, 2.05) is 37.3 Å². The molecule has 1 aromatic carbocycles. The van der Waals surface area contributed by atoms with Gasteiger partial charge in [-0.3, -0.25) is 0 Å². The Bertz CT molecular complexity index is 391. The Labute approximate surface area is 115 Å². The van der Waals surface area contributed by atoms with Crippen LogP contribution in [-0.4, -0.2) is 34.0 Å². The highest BCUT2D eigenvalue weighted by molar-refractivity contribution is 5.40. The molecule has 0 aliphatic carbocycles. The molecule has 0 radical (unpaired) electrons. The second-order valence-electron chi connectivity index (χ2n) is 4.02. The van der Waals surface area contributed by atoms with Crippen LogP contribution in [0.1, 0.15) is 12.5 Å². The third-order valence-corrected chi connectivity index (χ3v) is 2.64. The van der Waals surface area contributed by atoms with Crippen LogP contribution in [0.5, 0.6) is 11.5 Å². The molecule has 0 heterocycles. The fourth-order valence-corrected chi connectivity index (χ4v) is 1.57. The van der Waals surface area contributed by atoms with Crippen molar-refractivity contribution in [3.63, 3.8) is 0 Å². The molecule has 19 heavy (non-hydrogen) atoms. The van der Waals surface area contributed by atoms with E-state index in [0.717, 1.165) is 30.2 Å². The van der Waals surface area contributed by atoms with Gasteiger partial charge in [-0.05, 0) is 13.0 Å². The Hall–Kier alpha value is -1.52. The summed E-state index contributed by atoms with van der Waals surface area (Å²) in [6.45, 7) is 4.80. The van der Waals surface area contributed by atoms with Gasteiger partial charge in [-0.25, -0.2) is 0 Å². The monoisotopic (exact) mass is 265 g/mol. The fraction of sp³-hybridized carbons (Fsp3) is 0.467. The van der Waals surface area contributed by atoms with Gasteiger partial charge in [0.05, 0.1) is 13.7 Å². The minimum atomic E-state index is 0.564. The molecule has 0 bridgehead atoms. The first-order chi connectivity index (χ1) is 9.31. The van der Waals surface area contributed by atoms with Crippen LogP contribution in [0.25, 0.3) is 0 Å². The van der Waals surface area contributed by atoms with E-state index in [-0.39, 0.29) is 0 Å². The van der Waals surface area contributed by atoms with E-state index >= 15 is 0 Å². The van der Waals surface area contributed by atoms with E-state index in [9.17, 15) is 0 Å². The molecule has 1 N–H and O–H groups in total. The zero-order chi connectivity index (χ0) is 13.9. The van der Waals surface area contributed by atoms with Crippen molar-refractivity contribution in [1.82, 2.24) is 5.32 Å². The van der Waals surface area contributed by atoms with Gasteiger partial charge in [0.1, 0.15) is 18.1 Å². The van der Waals surface area contributed by atoms with Crippen LogP contribution in [0.2, 0.25) is 0 Å². The Morgan fingerprint density at radius 2 is 2.11 bits per heavy atom. The summed E-state index contributed by atoms with van der Waals surface area (Å²) < 4.78 is 16.0. The summed E-state index contributed by atoms with van der Waals surface area (Å²) in [5, 5.41) is 3.31. The van der Waals surface area contributed by atoms with Gasteiger partial charge in [0.2, 0.25) is 0 Å². The Morgan fingerprint density at radius 1 is 1.26 bits per heavy atom. The molecule has 0 aromatic heterocycles. The van der Waals surface area contributed by atoms with E-state index in [1.165, 1.54) is 0 Å². The van der Waals surface area contributed by atoms with Crippen molar-refractivity contribution in [3.05, 3.63) is 35.9 Å². The second-order valence-corrected chi connectivity index (χ2v) is 4.02. The molecule has 1 rings (SSSR count). The van der Waals surface area contributed by atoms with E-state index in [2.05, 4.69) is 5.32 Å². The summed E-state index contributed by atoms with van der Waals surface area (Å²) in [6.07, 6.45) is 3.94. The number of allylic oxidation sites excluding steroid dienone is 1. The van der Waals surface area contributed by atoms with E-state index in [4.69, 9.17) is 14.2 Å². The Balaban J connectivity index is 2.65. The first kappa shape index (κ1) is 15.5. The number of benzene rings is 1. The number of nitrogens with one attached hydrogen (secondary N) is 1. The highest BCUT2D eigenvalue weighted by atomic mass is 16.5. The van der Waals surface area contributed by atoms with E-state index in [0.29, 0.717) is 13.2 Å². The van der Waals surface area contributed by atoms with Crippen LogP contribution in [0.3, 0.4) is 0 Å². The Morgan fingerprint density at radius 3 is 2.79 bits per heavy atom. The number of hydrogen-bond acceptors (Lipinski definition) is 4. The lowest BCUT2D eigenvalue weighted by Gasteiger charge is -2.12. The molecular weight excluding hydrogens is 242 g/mol. The normalized spacial score (nSPS) is 10.9. The summed E-state index contributed by atoms with van der Waals surface area (Å²) in [6, 6.07) is 5.87. The zero-order valence-electron chi connectivity index (χ0n) is 11.9. The van der Waals surface area contributed by atoms with Crippen molar-refractivity contribution in [2.24, 2.45) is 0 Å². The minimum Gasteiger partial charge on any atom is -0.497 e. The van der Waals surface area contributed by atoms with Gasteiger partial charge in [0, 0.05) is 31.8 Å². The number of ether oxygens (including phenoxy) is 3. The van der Waals surface area contributed by atoms with Gasteiger partial charge in [0.15, 0.2) is 0 Å². The molecule has 0 aliphatic rings. The molecule has 0 aliphatic heterocycles. The molecule has 0 fully saturated rings. The highest BCUT2D eigenvalue weighted by Crippen LogP contribution is 2.24. The Kier molecular flexibility index (Phi) is 7.70. The highest BCUT2D eigenvalue weighted by Gasteiger charge is 2.05. The number of hydrogen-bond donors (Lipinski definition) is 1. The van der Waals surface area contributed by atoms with Gasteiger partial charge < -0.3 is 19.5 Å². The van der Waals surface area contributed by atoms with Gasteiger partial charge in [-0.1, -0.05) is 18.2 Å². The largest absolute Gasteiger partial charge is 0.497 e. The maximum Gasteiger partial charge on any atom is 0.127 e. The van der Waals surface area contributed by atoms with Crippen molar-refractivity contribution < 1.29 is 14.2 Å². The van der Waals surface area contributed by atoms with Crippen LogP contribution in [0, 0.1) is 0 Å². The first-order valence-corrected chi connectivity index (χ1v) is 6.42. The molecule has 0 atom stereocenters. The van der Waals surface area contributed by atoms with E-state index < -0.39 is 0 Å². The lowest BCUT2D eigenvalue weighted by Crippen LogP contribution is -2.19. The summed E-state index contributed by atoms with van der Waals surface area (Å²) in [4.78, 5) is 0. The van der Waals surface area contributed by atoms with Crippen molar-refractivity contribution in [2.75, 3.05) is 34.0 Å². The third kappa shape index (κ3) is 5.77. The molecule has 0 spiro atoms. The molecule has 0 saturated heterocycles. The predicted octanol–water partition coefficient (Wildman–Crippen LogP) is 2.39. The maximum absolute atomic E-state index is 5.74. The quantitative estimate of drug-likeness (QED) is 0.550. The lowest BCUT2D eigenvalue weighted by atomic mass is 10.2. The summed E-state index contributed by atoms with van der Waals surface area (Å²) in [5.41, 5.74) is 1.11. The number of rotatable bonds is 9. The summed E-state index contributed by atoms with van der Waals surface area (Å²) in [7, 11) is 3.35. The van der Waals surface area contributed by atoms with E-state index in [1.54, 1.807) is 14.2 Å². The lowest BCUT2D eigenvalue weighted by molar-refractivity contribution is 0.199. The SMILES string of the molecule is C/C=C/COc1cc(OC)ccc1CNCCOC. The van der Waals surface area contributed by atoms with Crippen molar-refractivity contribution in [2.45, 2.75) is 13.5 Å². The topological polar surface area (TPSA) is 39.7 Å². The molecule has 4 heteroatoms. The first-order valence-electron chi connectivity index (χ1n) is 6.42. The standard InChI is InChI=1S/C15H23NO3/c1-4-5-9-19-15-11-14(18-3)7-6-13(15)12-16-8-10-17-2/h4-7,11,16H,8-10,12H2,1-3H3/b5-4+. The fourth-order valence-electron chi connectivity index (χ4n) is 1.57. The summed E-state index contributed by atoms with van der Waals surface area (Å²) >= 11 is 0. The average Bonchev–Trinajstić information content (AvgIpc) is 2.45. The van der Waals surface area contributed by atoms with Crippen LogP contribution < -0.4 is 14.8 Å². The molecule has 0 amide bonds. The smallest absolute Gasteiger partial charge is 0.127 e. The van der Waals surface area contributed by atoms with Gasteiger partial charge in [0.25, 0.3) is 0 Å². The number of methoxy groups -OCH3 is 2. The van der Waals surface area contributed by atoms with Gasteiger partial charge in [-0.15, -0.1) is 0 Å². The molecular formula is C15H23NO3. The zero-order valence-corrected chi connectivity index (χ0v) is 11.9. The van der Waals surface area contributed by atoms with Crippen molar-refractivity contribution in [1.29, 1.82) is 0 Å². The average molecular weight is 265 g/mol. The van der Waals surface area contributed by atoms with Crippen LogP contribution in [-0.2, 0) is 11.3 Å².